The van der Waals surface area contributed by atoms with Gasteiger partial charge in [-0.2, -0.15) is 0 Å². The monoisotopic (exact) mass is 636 g/mol. The van der Waals surface area contributed by atoms with Gasteiger partial charge >= 0.3 is 24.1 Å². The SMILES string of the molecule is Cc1ccccc1C1=C(C(=O)O)CN(C(=O)OC(C)(C)C)CC1.Cc1ccccc1[C@H]1CCN(C(=O)OC(C)(C)C)C[C@H]1C(=O)O. The van der Waals surface area contributed by atoms with Gasteiger partial charge in [-0.25, -0.2) is 14.4 Å². The number of piperidine rings is 1. The highest BCUT2D eigenvalue weighted by molar-refractivity contribution is 5.98. The smallest absolute Gasteiger partial charge is 0.410 e. The molecular formula is C36H48N2O8. The van der Waals surface area contributed by atoms with Crippen LogP contribution in [0.2, 0.25) is 0 Å². The number of hydrogen-bond donors (Lipinski definition) is 2. The molecule has 0 spiro atoms. The topological polar surface area (TPSA) is 134 Å². The normalized spacial score (nSPS) is 18.7. The molecule has 2 amide bonds. The fourth-order valence-corrected chi connectivity index (χ4v) is 5.72. The van der Waals surface area contributed by atoms with Crippen molar-refractivity contribution in [3.05, 3.63) is 76.4 Å². The third-order valence-electron chi connectivity index (χ3n) is 7.89. The van der Waals surface area contributed by atoms with Crippen LogP contribution in [0.3, 0.4) is 0 Å². The predicted molar refractivity (Wildman–Crippen MR) is 176 cm³/mol. The highest BCUT2D eigenvalue weighted by Crippen LogP contribution is 2.35. The zero-order chi connectivity index (χ0) is 34.4. The summed E-state index contributed by atoms with van der Waals surface area (Å²) in [6.07, 6.45) is 0.222. The molecular weight excluding hydrogens is 588 g/mol. The average Bonchev–Trinajstić information content (AvgIpc) is 2.95. The summed E-state index contributed by atoms with van der Waals surface area (Å²) in [4.78, 5) is 50.7. The first kappa shape index (κ1) is 36.1. The van der Waals surface area contributed by atoms with Crippen LogP contribution in [-0.4, -0.2) is 81.5 Å². The lowest BCUT2D eigenvalue weighted by Gasteiger charge is -2.37. The first-order valence-corrected chi connectivity index (χ1v) is 15.6. The van der Waals surface area contributed by atoms with Crippen LogP contribution in [0.25, 0.3) is 5.57 Å². The molecule has 1 saturated heterocycles. The van der Waals surface area contributed by atoms with Crippen molar-refractivity contribution in [3.8, 4) is 0 Å². The summed E-state index contributed by atoms with van der Waals surface area (Å²) in [5.41, 5.74) is 4.01. The van der Waals surface area contributed by atoms with E-state index >= 15 is 0 Å². The molecule has 2 heterocycles. The second kappa shape index (κ2) is 14.8. The Morgan fingerprint density at radius 2 is 1.30 bits per heavy atom. The van der Waals surface area contributed by atoms with Crippen LogP contribution in [0.1, 0.15) is 82.6 Å². The second-order valence-electron chi connectivity index (χ2n) is 13.9. The Kier molecular flexibility index (Phi) is 11.7. The molecule has 10 nitrogen and oxygen atoms in total. The van der Waals surface area contributed by atoms with Gasteiger partial charge in [0.15, 0.2) is 0 Å². The van der Waals surface area contributed by atoms with E-state index < -0.39 is 41.2 Å². The Hall–Kier alpha value is -4.34. The number of carbonyl (C=O) groups excluding carboxylic acids is 2. The van der Waals surface area contributed by atoms with E-state index in [1.54, 1.807) is 41.5 Å². The lowest BCUT2D eigenvalue weighted by Crippen LogP contribution is -2.47. The molecule has 0 aliphatic carbocycles. The van der Waals surface area contributed by atoms with E-state index in [9.17, 15) is 29.4 Å². The van der Waals surface area contributed by atoms with E-state index in [2.05, 4.69) is 0 Å². The molecule has 0 radical (unpaired) electrons. The molecule has 0 aromatic heterocycles. The van der Waals surface area contributed by atoms with Crippen LogP contribution in [0.4, 0.5) is 9.59 Å². The zero-order valence-electron chi connectivity index (χ0n) is 28.3. The molecule has 1 fully saturated rings. The lowest BCUT2D eigenvalue weighted by molar-refractivity contribution is -0.144. The van der Waals surface area contributed by atoms with Gasteiger partial charge in [-0.3, -0.25) is 4.79 Å². The lowest BCUT2D eigenvalue weighted by atomic mass is 9.79. The van der Waals surface area contributed by atoms with E-state index in [-0.39, 0.29) is 24.6 Å². The fourth-order valence-electron chi connectivity index (χ4n) is 5.72. The summed E-state index contributed by atoms with van der Waals surface area (Å²) in [5, 5.41) is 19.2. The number of carboxylic acid groups (broad SMARTS) is 2. The minimum Gasteiger partial charge on any atom is -0.481 e. The van der Waals surface area contributed by atoms with Crippen LogP contribution < -0.4 is 0 Å². The zero-order valence-corrected chi connectivity index (χ0v) is 28.3. The Balaban J connectivity index is 0.000000250. The van der Waals surface area contributed by atoms with Crippen LogP contribution in [0.15, 0.2) is 54.1 Å². The molecule has 0 saturated carbocycles. The third kappa shape index (κ3) is 9.83. The van der Waals surface area contributed by atoms with E-state index in [0.717, 1.165) is 27.8 Å². The molecule has 2 aliphatic rings. The third-order valence-corrected chi connectivity index (χ3v) is 7.89. The number of carboxylic acids is 2. The second-order valence-corrected chi connectivity index (χ2v) is 13.9. The molecule has 2 aromatic carbocycles. The van der Waals surface area contributed by atoms with Gasteiger partial charge in [-0.05, 0) is 96.1 Å². The molecule has 2 N–H and O–H groups in total. The molecule has 2 aliphatic heterocycles. The maximum Gasteiger partial charge on any atom is 0.410 e. The first-order valence-electron chi connectivity index (χ1n) is 15.6. The number of ether oxygens (including phenoxy) is 2. The maximum atomic E-state index is 12.2. The molecule has 0 bridgehead atoms. The number of carbonyl (C=O) groups is 4. The number of nitrogens with zero attached hydrogens (tertiary/aromatic N) is 2. The Bertz CT molecular complexity index is 1470. The molecule has 46 heavy (non-hydrogen) atoms. The summed E-state index contributed by atoms with van der Waals surface area (Å²) in [5.74, 6) is -2.55. The quantitative estimate of drug-likeness (QED) is 0.371. The van der Waals surface area contributed by atoms with E-state index in [4.69, 9.17) is 9.47 Å². The Morgan fingerprint density at radius 3 is 1.83 bits per heavy atom. The van der Waals surface area contributed by atoms with Crippen molar-refractivity contribution >= 4 is 29.7 Å². The van der Waals surface area contributed by atoms with E-state index in [0.29, 0.717) is 25.9 Å². The van der Waals surface area contributed by atoms with Crippen molar-refractivity contribution in [2.75, 3.05) is 26.2 Å². The van der Waals surface area contributed by atoms with E-state index in [1.807, 2.05) is 62.4 Å². The summed E-state index contributed by atoms with van der Waals surface area (Å²) in [6, 6.07) is 15.6. The van der Waals surface area contributed by atoms with Crippen molar-refractivity contribution in [2.45, 2.75) is 85.4 Å². The average molecular weight is 637 g/mol. The summed E-state index contributed by atoms with van der Waals surface area (Å²) < 4.78 is 10.7. The van der Waals surface area contributed by atoms with Crippen molar-refractivity contribution in [2.24, 2.45) is 5.92 Å². The standard InChI is InChI=1S/C18H25NO4.C18H23NO4/c2*1-12-7-5-6-8-13(12)14-9-10-19(11-15(14)16(20)21)17(22)23-18(2,3)4/h5-8,14-15H,9-11H2,1-4H3,(H,20,21);5-8H,9-11H2,1-4H3,(H,20,21)/t14-,15-;/m1./s1. The number of rotatable bonds is 4. The van der Waals surface area contributed by atoms with Crippen molar-refractivity contribution < 1.29 is 38.9 Å². The highest BCUT2D eigenvalue weighted by atomic mass is 16.6. The van der Waals surface area contributed by atoms with Gasteiger partial charge in [0, 0.05) is 25.6 Å². The van der Waals surface area contributed by atoms with Crippen LogP contribution in [0, 0.1) is 19.8 Å². The summed E-state index contributed by atoms with van der Waals surface area (Å²) in [6.45, 7) is 16.0. The van der Waals surface area contributed by atoms with Gasteiger partial charge in [0.05, 0.1) is 18.0 Å². The number of aryl methyl sites for hydroxylation is 2. The van der Waals surface area contributed by atoms with Gasteiger partial charge < -0.3 is 29.5 Å². The fraction of sp³-hybridized carbons (Fsp3) is 0.500. The van der Waals surface area contributed by atoms with Gasteiger partial charge in [-0.15, -0.1) is 0 Å². The molecule has 4 rings (SSSR count). The minimum absolute atomic E-state index is 0.0634. The van der Waals surface area contributed by atoms with Gasteiger partial charge in [0.25, 0.3) is 0 Å². The molecule has 10 heteroatoms. The van der Waals surface area contributed by atoms with Crippen LogP contribution >= 0.6 is 0 Å². The predicted octanol–water partition coefficient (Wildman–Crippen LogP) is 6.89. The van der Waals surface area contributed by atoms with Gasteiger partial charge in [-0.1, -0.05) is 48.5 Å². The summed E-state index contributed by atoms with van der Waals surface area (Å²) in [7, 11) is 0. The van der Waals surface area contributed by atoms with Crippen molar-refractivity contribution in [1.29, 1.82) is 0 Å². The van der Waals surface area contributed by atoms with Gasteiger partial charge in [0.2, 0.25) is 0 Å². The number of aliphatic carboxylic acids is 2. The first-order chi connectivity index (χ1) is 21.4. The largest absolute Gasteiger partial charge is 0.481 e. The molecule has 250 valence electrons. The number of hydrogen-bond acceptors (Lipinski definition) is 6. The molecule has 0 unspecified atom stereocenters. The van der Waals surface area contributed by atoms with Crippen LogP contribution in [0.5, 0.6) is 0 Å². The number of benzene rings is 2. The number of likely N-dealkylation sites (tertiary alicyclic amines) is 1. The van der Waals surface area contributed by atoms with E-state index in [1.165, 1.54) is 9.80 Å². The molecule has 2 aromatic rings. The van der Waals surface area contributed by atoms with Crippen molar-refractivity contribution in [3.63, 3.8) is 0 Å². The summed E-state index contributed by atoms with van der Waals surface area (Å²) >= 11 is 0. The highest BCUT2D eigenvalue weighted by Gasteiger charge is 2.38. The molecule has 2 atom stereocenters. The van der Waals surface area contributed by atoms with Crippen molar-refractivity contribution in [1.82, 2.24) is 9.80 Å². The Labute approximate surface area is 272 Å². The van der Waals surface area contributed by atoms with Gasteiger partial charge in [0.1, 0.15) is 11.2 Å². The minimum atomic E-state index is -0.989. The van der Waals surface area contributed by atoms with Crippen LogP contribution in [-0.2, 0) is 19.1 Å². The maximum absolute atomic E-state index is 12.2. The number of amides is 2. The Morgan fingerprint density at radius 1 is 0.761 bits per heavy atom.